The number of ether oxygens (including phenoxy) is 2. The van der Waals surface area contributed by atoms with Gasteiger partial charge in [0.25, 0.3) is 0 Å². The fourth-order valence-corrected chi connectivity index (χ4v) is 3.02. The van der Waals surface area contributed by atoms with Crippen molar-refractivity contribution < 1.29 is 23.0 Å². The van der Waals surface area contributed by atoms with Gasteiger partial charge in [-0.3, -0.25) is 9.69 Å². The zero-order valence-electron chi connectivity index (χ0n) is 16.9. The maximum Gasteiger partial charge on any atom is 0.387 e. The second-order valence-electron chi connectivity index (χ2n) is 6.77. The first-order valence-corrected chi connectivity index (χ1v) is 9.40. The van der Waals surface area contributed by atoms with E-state index in [1.807, 2.05) is 19.1 Å². The Labute approximate surface area is 174 Å². The Balaban J connectivity index is 1.99. The molecule has 2 aromatic rings. The molecule has 0 heterocycles. The molecule has 1 amide bonds. The molecule has 0 N–H and O–H groups in total. The van der Waals surface area contributed by atoms with Crippen molar-refractivity contribution >= 4 is 17.5 Å². The van der Waals surface area contributed by atoms with Crippen molar-refractivity contribution in [1.29, 1.82) is 0 Å². The number of carbonyl (C=O) groups excluding carboxylic acids is 1. The van der Waals surface area contributed by atoms with Crippen LogP contribution in [0.4, 0.5) is 8.78 Å². The van der Waals surface area contributed by atoms with Gasteiger partial charge < -0.3 is 14.4 Å². The lowest BCUT2D eigenvalue weighted by Gasteiger charge is -2.27. The number of methoxy groups -OCH3 is 1. The third-order valence-electron chi connectivity index (χ3n) is 4.63. The number of rotatable bonds is 9. The van der Waals surface area contributed by atoms with E-state index in [9.17, 15) is 13.6 Å². The van der Waals surface area contributed by atoms with Crippen LogP contribution < -0.4 is 9.47 Å². The molecule has 0 aliphatic heterocycles. The van der Waals surface area contributed by atoms with Crippen molar-refractivity contribution in [3.63, 3.8) is 0 Å². The van der Waals surface area contributed by atoms with E-state index in [1.54, 1.807) is 48.2 Å². The number of amides is 1. The average Bonchev–Trinajstić information content (AvgIpc) is 2.67. The summed E-state index contributed by atoms with van der Waals surface area (Å²) in [6.45, 7) is -0.441. The zero-order valence-corrected chi connectivity index (χ0v) is 17.6. The largest absolute Gasteiger partial charge is 0.493 e. The van der Waals surface area contributed by atoms with Gasteiger partial charge in [-0.05, 0) is 49.4 Å². The lowest BCUT2D eigenvalue weighted by atomic mass is 10.1. The van der Waals surface area contributed by atoms with E-state index in [-0.39, 0.29) is 30.0 Å². The molecule has 1 atom stereocenters. The Morgan fingerprint density at radius 1 is 1.10 bits per heavy atom. The van der Waals surface area contributed by atoms with E-state index in [0.29, 0.717) is 11.6 Å². The van der Waals surface area contributed by atoms with Crippen molar-refractivity contribution in [2.75, 3.05) is 27.7 Å². The molecule has 0 aromatic heterocycles. The van der Waals surface area contributed by atoms with Crippen LogP contribution in [-0.2, 0) is 11.3 Å². The second kappa shape index (κ2) is 10.4. The highest BCUT2D eigenvalue weighted by Gasteiger charge is 2.19. The number of carbonyl (C=O) groups is 1. The highest BCUT2D eigenvalue weighted by Crippen LogP contribution is 2.30. The van der Waals surface area contributed by atoms with Crippen LogP contribution in [0.5, 0.6) is 11.5 Å². The molecule has 0 saturated heterocycles. The summed E-state index contributed by atoms with van der Waals surface area (Å²) < 4.78 is 34.7. The summed E-state index contributed by atoms with van der Waals surface area (Å²) in [5, 5.41) is 0.643. The van der Waals surface area contributed by atoms with Gasteiger partial charge in [-0.15, -0.1) is 0 Å². The highest BCUT2D eigenvalue weighted by atomic mass is 35.5. The molecule has 0 aliphatic rings. The maximum absolute atomic E-state index is 12.7. The molecule has 0 saturated carbocycles. The molecule has 0 radical (unpaired) electrons. The summed E-state index contributed by atoms with van der Waals surface area (Å²) in [5.74, 6) is 0.130. The van der Waals surface area contributed by atoms with E-state index in [4.69, 9.17) is 16.3 Å². The predicted octanol–water partition coefficient (Wildman–Crippen LogP) is 4.60. The van der Waals surface area contributed by atoms with Crippen molar-refractivity contribution in [2.45, 2.75) is 26.1 Å². The van der Waals surface area contributed by atoms with Crippen LogP contribution in [0.25, 0.3) is 0 Å². The van der Waals surface area contributed by atoms with Gasteiger partial charge in [-0.25, -0.2) is 0 Å². The first-order valence-electron chi connectivity index (χ1n) is 9.02. The number of halogens is 3. The fraction of sp³-hybridized carbons (Fsp3) is 0.381. The van der Waals surface area contributed by atoms with Gasteiger partial charge in [0.05, 0.1) is 19.7 Å². The Hall–Kier alpha value is -2.38. The monoisotopic (exact) mass is 426 g/mol. The first-order chi connectivity index (χ1) is 13.7. The molecule has 5 nitrogen and oxygen atoms in total. The number of hydrogen-bond acceptors (Lipinski definition) is 4. The number of hydrogen-bond donors (Lipinski definition) is 0. The van der Waals surface area contributed by atoms with Crippen LogP contribution in [0.1, 0.15) is 24.1 Å². The first kappa shape index (κ1) is 22.9. The van der Waals surface area contributed by atoms with Crippen molar-refractivity contribution in [3.05, 3.63) is 58.6 Å². The smallest absolute Gasteiger partial charge is 0.387 e. The number of alkyl halides is 2. The van der Waals surface area contributed by atoms with Crippen molar-refractivity contribution in [3.8, 4) is 11.5 Å². The molecule has 2 rings (SSSR count). The Bertz CT molecular complexity index is 818. The lowest BCUT2D eigenvalue weighted by molar-refractivity contribution is -0.132. The van der Waals surface area contributed by atoms with E-state index in [2.05, 4.69) is 4.74 Å². The number of benzene rings is 2. The molecule has 8 heteroatoms. The predicted molar refractivity (Wildman–Crippen MR) is 109 cm³/mol. The van der Waals surface area contributed by atoms with E-state index < -0.39 is 6.61 Å². The number of likely N-dealkylation sites (N-methyl/N-ethyl adjacent to an activating group) is 2. The SMILES string of the molecule is COc1ccc(CN(C)CC(=O)N(C)C(C)c2ccc(Cl)cc2)cc1OC(F)F. The summed E-state index contributed by atoms with van der Waals surface area (Å²) in [6.07, 6.45) is 0. The fourth-order valence-electron chi connectivity index (χ4n) is 2.90. The minimum Gasteiger partial charge on any atom is -0.493 e. The van der Waals surface area contributed by atoms with Crippen LogP contribution in [0.15, 0.2) is 42.5 Å². The van der Waals surface area contributed by atoms with Gasteiger partial charge >= 0.3 is 6.61 Å². The third kappa shape index (κ3) is 6.58. The molecule has 29 heavy (non-hydrogen) atoms. The quantitative estimate of drug-likeness (QED) is 0.587. The van der Waals surface area contributed by atoms with Crippen LogP contribution >= 0.6 is 11.6 Å². The van der Waals surface area contributed by atoms with Gasteiger partial charge in [0.2, 0.25) is 5.91 Å². The lowest BCUT2D eigenvalue weighted by Crippen LogP contribution is -2.37. The topological polar surface area (TPSA) is 42.0 Å². The molecule has 0 bridgehead atoms. The van der Waals surface area contributed by atoms with Crippen LogP contribution in [0.2, 0.25) is 5.02 Å². The maximum atomic E-state index is 12.7. The zero-order chi connectivity index (χ0) is 21.6. The van der Waals surface area contributed by atoms with Gasteiger partial charge in [0.15, 0.2) is 11.5 Å². The van der Waals surface area contributed by atoms with Crippen molar-refractivity contribution in [1.82, 2.24) is 9.80 Å². The second-order valence-corrected chi connectivity index (χ2v) is 7.20. The van der Waals surface area contributed by atoms with Crippen LogP contribution in [-0.4, -0.2) is 50.1 Å². The van der Waals surface area contributed by atoms with E-state index in [1.165, 1.54) is 13.2 Å². The number of nitrogens with zero attached hydrogens (tertiary/aromatic N) is 2. The molecule has 0 spiro atoms. The molecule has 0 aliphatic carbocycles. The Kier molecular flexibility index (Phi) is 8.22. The highest BCUT2D eigenvalue weighted by molar-refractivity contribution is 6.30. The average molecular weight is 427 g/mol. The molecular formula is C21H25ClF2N2O3. The van der Waals surface area contributed by atoms with Gasteiger partial charge in [-0.2, -0.15) is 8.78 Å². The van der Waals surface area contributed by atoms with Gasteiger partial charge in [0.1, 0.15) is 0 Å². The minimum atomic E-state index is -2.94. The van der Waals surface area contributed by atoms with E-state index >= 15 is 0 Å². The summed E-state index contributed by atoms with van der Waals surface area (Å²) >= 11 is 5.92. The summed E-state index contributed by atoms with van der Waals surface area (Å²) in [5.41, 5.74) is 1.71. The molecule has 1 unspecified atom stereocenters. The standard InChI is InChI=1S/C21H25ClF2N2O3/c1-14(16-6-8-17(22)9-7-16)26(3)20(27)13-25(2)12-15-5-10-18(28-4)19(11-15)29-21(23)24/h5-11,14,21H,12-13H2,1-4H3. The summed E-state index contributed by atoms with van der Waals surface area (Å²) in [4.78, 5) is 16.1. The van der Waals surface area contributed by atoms with Crippen LogP contribution in [0.3, 0.4) is 0 Å². The molecular weight excluding hydrogens is 402 g/mol. The van der Waals surface area contributed by atoms with E-state index in [0.717, 1.165) is 11.1 Å². The van der Waals surface area contributed by atoms with Gasteiger partial charge in [0, 0.05) is 18.6 Å². The molecule has 158 valence electrons. The molecule has 2 aromatic carbocycles. The Morgan fingerprint density at radius 3 is 2.34 bits per heavy atom. The summed E-state index contributed by atoms with van der Waals surface area (Å²) in [7, 11) is 4.92. The molecule has 0 fully saturated rings. The van der Waals surface area contributed by atoms with Crippen LogP contribution in [0, 0.1) is 0 Å². The normalized spacial score (nSPS) is 12.2. The Morgan fingerprint density at radius 2 is 1.76 bits per heavy atom. The van der Waals surface area contributed by atoms with Crippen molar-refractivity contribution in [2.24, 2.45) is 0 Å². The van der Waals surface area contributed by atoms with Gasteiger partial charge in [-0.1, -0.05) is 29.8 Å². The minimum absolute atomic E-state index is 0.0341. The third-order valence-corrected chi connectivity index (χ3v) is 4.88. The summed E-state index contributed by atoms with van der Waals surface area (Å²) in [6, 6.07) is 12.1.